The number of halogens is 1. The van der Waals surface area contributed by atoms with Crippen molar-refractivity contribution in [3.05, 3.63) is 16.5 Å². The van der Waals surface area contributed by atoms with Crippen molar-refractivity contribution in [1.29, 1.82) is 0 Å². The first-order valence-electron chi connectivity index (χ1n) is 8.18. The fourth-order valence-electron chi connectivity index (χ4n) is 3.42. The second kappa shape index (κ2) is 7.29. The summed E-state index contributed by atoms with van der Waals surface area (Å²) in [5, 5.41) is 0. The summed E-state index contributed by atoms with van der Waals surface area (Å²) in [6, 6.07) is 3.23. The zero-order chi connectivity index (χ0) is 17.3. The molecule has 2 fully saturated rings. The summed E-state index contributed by atoms with van der Waals surface area (Å²) >= 11 is 6.90. The van der Waals surface area contributed by atoms with Crippen LogP contribution < -0.4 is 5.73 Å². The Balaban J connectivity index is 1.60. The molecule has 3 rings (SSSR count). The van der Waals surface area contributed by atoms with Crippen molar-refractivity contribution in [3.8, 4) is 0 Å². The number of carbonyl (C=O) groups is 1. The molecule has 1 saturated heterocycles. The van der Waals surface area contributed by atoms with E-state index in [0.717, 1.165) is 37.0 Å². The molecule has 0 radical (unpaired) electrons. The fourth-order valence-corrected chi connectivity index (χ4v) is 6.48. The molecule has 2 unspecified atom stereocenters. The van der Waals surface area contributed by atoms with Gasteiger partial charge < -0.3 is 10.6 Å². The first-order valence-corrected chi connectivity index (χ1v) is 10.8. The van der Waals surface area contributed by atoms with Crippen molar-refractivity contribution >= 4 is 38.9 Å². The number of carbonyl (C=O) groups excluding carboxylic acids is 1. The summed E-state index contributed by atoms with van der Waals surface area (Å²) in [5.74, 6) is 0.120. The zero-order valence-electron chi connectivity index (χ0n) is 13.4. The van der Waals surface area contributed by atoms with Crippen LogP contribution in [0, 0.1) is 5.92 Å². The number of piperazine rings is 1. The highest BCUT2D eigenvalue weighted by atomic mass is 35.5. The minimum Gasteiger partial charge on any atom is -0.340 e. The van der Waals surface area contributed by atoms with E-state index >= 15 is 0 Å². The van der Waals surface area contributed by atoms with Gasteiger partial charge in [-0.15, -0.1) is 11.3 Å². The Kier molecular flexibility index (Phi) is 5.51. The first-order chi connectivity index (χ1) is 11.4. The Bertz CT molecular complexity index is 699. The summed E-state index contributed by atoms with van der Waals surface area (Å²) in [4.78, 5) is 14.4. The molecule has 1 aliphatic carbocycles. The van der Waals surface area contributed by atoms with Crippen molar-refractivity contribution in [2.75, 3.05) is 26.2 Å². The number of sulfonamides is 1. The molecule has 2 aliphatic rings. The average Bonchev–Trinajstić information content (AvgIpc) is 3.01. The minimum atomic E-state index is -3.51. The average molecular weight is 392 g/mol. The molecule has 2 atom stereocenters. The van der Waals surface area contributed by atoms with Crippen LogP contribution in [0.5, 0.6) is 0 Å². The molecule has 24 heavy (non-hydrogen) atoms. The summed E-state index contributed by atoms with van der Waals surface area (Å²) in [6.45, 7) is 1.51. The maximum atomic E-state index is 12.6. The lowest BCUT2D eigenvalue weighted by molar-refractivity contribution is -0.137. The van der Waals surface area contributed by atoms with Gasteiger partial charge in [0.05, 0.1) is 4.34 Å². The molecular formula is C15H22ClN3O3S2. The third-order valence-electron chi connectivity index (χ3n) is 4.76. The Morgan fingerprint density at radius 1 is 1.21 bits per heavy atom. The van der Waals surface area contributed by atoms with Crippen LogP contribution in [0.4, 0.5) is 0 Å². The topological polar surface area (TPSA) is 83.7 Å². The molecule has 2 heterocycles. The molecule has 1 amide bonds. The van der Waals surface area contributed by atoms with Gasteiger partial charge in [0.1, 0.15) is 4.21 Å². The molecule has 9 heteroatoms. The van der Waals surface area contributed by atoms with Crippen LogP contribution in [-0.2, 0) is 14.8 Å². The normalized spacial score (nSPS) is 26.5. The number of hydrogen-bond acceptors (Lipinski definition) is 5. The smallest absolute Gasteiger partial charge is 0.252 e. The van der Waals surface area contributed by atoms with Gasteiger partial charge in [-0.2, -0.15) is 4.31 Å². The zero-order valence-corrected chi connectivity index (χ0v) is 15.7. The largest absolute Gasteiger partial charge is 0.340 e. The van der Waals surface area contributed by atoms with E-state index in [4.69, 9.17) is 17.3 Å². The minimum absolute atomic E-state index is 0.00647. The summed E-state index contributed by atoms with van der Waals surface area (Å²) in [6.07, 6.45) is 3.61. The molecule has 1 aliphatic heterocycles. The Hall–Kier alpha value is -0.670. The molecule has 134 valence electrons. The maximum absolute atomic E-state index is 12.6. The van der Waals surface area contributed by atoms with E-state index in [9.17, 15) is 13.2 Å². The monoisotopic (exact) mass is 391 g/mol. The van der Waals surface area contributed by atoms with Crippen LogP contribution in [0.1, 0.15) is 25.7 Å². The second-order valence-corrected chi connectivity index (χ2v) is 10.3. The van der Waals surface area contributed by atoms with Crippen LogP contribution in [0.3, 0.4) is 0 Å². The standard InChI is InChI=1S/C15H22ClN3O3S2/c16-13-4-5-14(23-13)24(21,22)19-8-6-18(7-9-19)15(20)11-2-1-3-12(17)10-11/h4-5,11-12H,1-3,6-10,17H2. The highest BCUT2D eigenvalue weighted by Crippen LogP contribution is 2.29. The van der Waals surface area contributed by atoms with Gasteiger partial charge in [-0.3, -0.25) is 4.79 Å². The number of nitrogens with two attached hydrogens (primary N) is 1. The van der Waals surface area contributed by atoms with Gasteiger partial charge in [0, 0.05) is 38.1 Å². The molecule has 1 saturated carbocycles. The van der Waals surface area contributed by atoms with E-state index < -0.39 is 10.0 Å². The van der Waals surface area contributed by atoms with Crippen LogP contribution in [0.15, 0.2) is 16.3 Å². The number of rotatable bonds is 3. The Morgan fingerprint density at radius 2 is 1.92 bits per heavy atom. The molecule has 1 aromatic heterocycles. The van der Waals surface area contributed by atoms with Crippen molar-refractivity contribution in [1.82, 2.24) is 9.21 Å². The van der Waals surface area contributed by atoms with Crippen molar-refractivity contribution in [2.45, 2.75) is 35.9 Å². The highest BCUT2D eigenvalue weighted by molar-refractivity contribution is 7.91. The van der Waals surface area contributed by atoms with E-state index in [0.29, 0.717) is 30.5 Å². The SMILES string of the molecule is NC1CCCC(C(=O)N2CCN(S(=O)(=O)c3ccc(Cl)s3)CC2)C1. The number of hydrogen-bond donors (Lipinski definition) is 1. The third kappa shape index (κ3) is 3.77. The van der Waals surface area contributed by atoms with Gasteiger partial charge in [-0.1, -0.05) is 18.0 Å². The van der Waals surface area contributed by atoms with Gasteiger partial charge in [0.25, 0.3) is 10.0 Å². The van der Waals surface area contributed by atoms with Gasteiger partial charge in [0.2, 0.25) is 5.91 Å². The van der Waals surface area contributed by atoms with Crippen molar-refractivity contribution < 1.29 is 13.2 Å². The van der Waals surface area contributed by atoms with Gasteiger partial charge >= 0.3 is 0 Å². The van der Waals surface area contributed by atoms with E-state index in [1.165, 1.54) is 10.4 Å². The van der Waals surface area contributed by atoms with Gasteiger partial charge in [-0.05, 0) is 31.4 Å². The predicted molar refractivity (Wildman–Crippen MR) is 94.6 cm³/mol. The van der Waals surface area contributed by atoms with Crippen LogP contribution in [0.25, 0.3) is 0 Å². The lowest BCUT2D eigenvalue weighted by Gasteiger charge is -2.37. The van der Waals surface area contributed by atoms with E-state index in [-0.39, 0.29) is 22.1 Å². The Morgan fingerprint density at radius 3 is 2.50 bits per heavy atom. The number of amides is 1. The van der Waals surface area contributed by atoms with Crippen LogP contribution >= 0.6 is 22.9 Å². The quantitative estimate of drug-likeness (QED) is 0.850. The van der Waals surface area contributed by atoms with Crippen molar-refractivity contribution in [3.63, 3.8) is 0 Å². The molecule has 0 bridgehead atoms. The van der Waals surface area contributed by atoms with E-state index in [1.54, 1.807) is 11.0 Å². The van der Waals surface area contributed by atoms with Crippen molar-refractivity contribution in [2.24, 2.45) is 11.7 Å². The molecular weight excluding hydrogens is 370 g/mol. The predicted octanol–water partition coefficient (Wildman–Crippen LogP) is 1.75. The summed E-state index contributed by atoms with van der Waals surface area (Å²) in [7, 11) is -3.51. The molecule has 0 spiro atoms. The summed E-state index contributed by atoms with van der Waals surface area (Å²) in [5.41, 5.74) is 5.97. The number of thiophene rings is 1. The molecule has 6 nitrogen and oxygen atoms in total. The molecule has 2 N–H and O–H groups in total. The maximum Gasteiger partial charge on any atom is 0.252 e. The van der Waals surface area contributed by atoms with E-state index in [1.807, 2.05) is 0 Å². The third-order valence-corrected chi connectivity index (χ3v) is 8.35. The summed E-state index contributed by atoms with van der Waals surface area (Å²) < 4.78 is 27.3. The molecule has 0 aromatic carbocycles. The fraction of sp³-hybridized carbons (Fsp3) is 0.667. The van der Waals surface area contributed by atoms with Crippen LogP contribution in [0.2, 0.25) is 4.34 Å². The lowest BCUT2D eigenvalue weighted by atomic mass is 9.85. The van der Waals surface area contributed by atoms with Gasteiger partial charge in [0.15, 0.2) is 0 Å². The Labute approximate surface area is 151 Å². The van der Waals surface area contributed by atoms with Crippen LogP contribution in [-0.4, -0.2) is 55.8 Å². The first kappa shape index (κ1) is 18.1. The number of nitrogens with zero attached hydrogens (tertiary/aromatic N) is 2. The lowest BCUT2D eigenvalue weighted by Crippen LogP contribution is -2.52. The van der Waals surface area contributed by atoms with E-state index in [2.05, 4.69) is 0 Å². The highest BCUT2D eigenvalue weighted by Gasteiger charge is 2.34. The second-order valence-electron chi connectivity index (χ2n) is 6.41. The van der Waals surface area contributed by atoms with Gasteiger partial charge in [-0.25, -0.2) is 8.42 Å². The molecule has 1 aromatic rings.